The minimum Gasteiger partial charge on any atom is -0.478 e. The molecule has 0 fully saturated rings. The van der Waals surface area contributed by atoms with Gasteiger partial charge in [-0.15, -0.1) is 0 Å². The van der Waals surface area contributed by atoms with E-state index in [4.69, 9.17) is 5.11 Å². The number of rotatable bonds is 7. The summed E-state index contributed by atoms with van der Waals surface area (Å²) in [5.41, 5.74) is 1.42. The summed E-state index contributed by atoms with van der Waals surface area (Å²) >= 11 is 0. The molecular formula is C15H21N3O3. The number of hydrogen-bond donors (Lipinski definition) is 3. The average Bonchev–Trinajstić information content (AvgIpc) is 2.42. The van der Waals surface area contributed by atoms with Gasteiger partial charge in [-0.1, -0.05) is 12.1 Å². The van der Waals surface area contributed by atoms with E-state index in [1.165, 1.54) is 6.08 Å². The van der Waals surface area contributed by atoms with E-state index < -0.39 is 5.97 Å². The number of aliphatic carboxylic acids is 1. The molecule has 3 N–H and O–H groups in total. The number of hydrogen-bond acceptors (Lipinski definition) is 3. The number of carboxylic acids is 1. The van der Waals surface area contributed by atoms with Crippen molar-refractivity contribution in [2.24, 2.45) is 0 Å². The van der Waals surface area contributed by atoms with Gasteiger partial charge in [-0.05, 0) is 50.8 Å². The fourth-order valence-electron chi connectivity index (χ4n) is 1.62. The number of urea groups is 1. The first-order valence-electron chi connectivity index (χ1n) is 6.68. The molecule has 2 amide bonds. The van der Waals surface area contributed by atoms with Crippen molar-refractivity contribution in [2.45, 2.75) is 6.42 Å². The van der Waals surface area contributed by atoms with Crippen molar-refractivity contribution in [3.63, 3.8) is 0 Å². The minimum absolute atomic E-state index is 0.248. The predicted molar refractivity (Wildman–Crippen MR) is 83.3 cm³/mol. The summed E-state index contributed by atoms with van der Waals surface area (Å²) in [5, 5.41) is 14.0. The van der Waals surface area contributed by atoms with Crippen LogP contribution >= 0.6 is 0 Å². The molecule has 0 saturated carbocycles. The van der Waals surface area contributed by atoms with Crippen LogP contribution in [0.15, 0.2) is 30.3 Å². The SMILES string of the molecule is CN(C)CCCNC(=O)Nc1ccc(/C=C/C(=O)O)cc1. The maximum atomic E-state index is 11.6. The lowest BCUT2D eigenvalue weighted by molar-refractivity contribution is -0.131. The molecule has 0 spiro atoms. The molecule has 0 aromatic heterocycles. The largest absolute Gasteiger partial charge is 0.478 e. The van der Waals surface area contributed by atoms with Gasteiger partial charge in [0.25, 0.3) is 0 Å². The molecule has 0 radical (unpaired) electrons. The lowest BCUT2D eigenvalue weighted by Gasteiger charge is -2.10. The molecular weight excluding hydrogens is 270 g/mol. The van der Waals surface area contributed by atoms with Gasteiger partial charge in [0.1, 0.15) is 0 Å². The van der Waals surface area contributed by atoms with Gasteiger partial charge >= 0.3 is 12.0 Å². The molecule has 0 unspecified atom stereocenters. The third-order valence-electron chi connectivity index (χ3n) is 2.65. The molecule has 21 heavy (non-hydrogen) atoms. The first kappa shape index (κ1) is 16.7. The van der Waals surface area contributed by atoms with Gasteiger partial charge in [0.2, 0.25) is 0 Å². The van der Waals surface area contributed by atoms with Crippen molar-refractivity contribution in [2.75, 3.05) is 32.5 Å². The summed E-state index contributed by atoms with van der Waals surface area (Å²) in [6, 6.07) is 6.67. The summed E-state index contributed by atoms with van der Waals surface area (Å²) < 4.78 is 0. The first-order chi connectivity index (χ1) is 9.97. The highest BCUT2D eigenvalue weighted by atomic mass is 16.4. The van der Waals surface area contributed by atoms with Crippen molar-refractivity contribution < 1.29 is 14.7 Å². The van der Waals surface area contributed by atoms with Gasteiger partial charge in [-0.2, -0.15) is 0 Å². The lowest BCUT2D eigenvalue weighted by atomic mass is 10.2. The fourth-order valence-corrected chi connectivity index (χ4v) is 1.62. The van der Waals surface area contributed by atoms with E-state index in [1.54, 1.807) is 24.3 Å². The molecule has 0 heterocycles. The number of nitrogens with zero attached hydrogens (tertiary/aromatic N) is 1. The van der Waals surface area contributed by atoms with E-state index in [0.29, 0.717) is 12.2 Å². The Kier molecular flexibility index (Phi) is 6.97. The molecule has 1 aromatic carbocycles. The molecule has 0 aliphatic rings. The van der Waals surface area contributed by atoms with Gasteiger partial charge < -0.3 is 20.6 Å². The van der Waals surface area contributed by atoms with Crippen LogP contribution in [-0.2, 0) is 4.79 Å². The van der Waals surface area contributed by atoms with Crippen molar-refractivity contribution in [3.05, 3.63) is 35.9 Å². The summed E-state index contributed by atoms with van der Waals surface area (Å²) in [4.78, 5) is 24.1. The van der Waals surface area contributed by atoms with Gasteiger partial charge in [0.05, 0.1) is 0 Å². The first-order valence-corrected chi connectivity index (χ1v) is 6.68. The van der Waals surface area contributed by atoms with Gasteiger partial charge in [0, 0.05) is 18.3 Å². The summed E-state index contributed by atoms with van der Waals surface area (Å²) in [7, 11) is 3.97. The van der Waals surface area contributed by atoms with E-state index in [-0.39, 0.29) is 6.03 Å². The molecule has 0 saturated heterocycles. The maximum Gasteiger partial charge on any atom is 0.328 e. The Morgan fingerprint density at radius 2 is 1.90 bits per heavy atom. The molecule has 1 rings (SSSR count). The Labute approximate surface area is 124 Å². The van der Waals surface area contributed by atoms with E-state index in [1.807, 2.05) is 14.1 Å². The van der Waals surface area contributed by atoms with E-state index >= 15 is 0 Å². The third kappa shape index (κ3) is 7.74. The van der Waals surface area contributed by atoms with Crippen LogP contribution in [0.4, 0.5) is 10.5 Å². The van der Waals surface area contributed by atoms with Crippen LogP contribution in [0.25, 0.3) is 6.08 Å². The number of carbonyl (C=O) groups is 2. The van der Waals surface area contributed by atoms with Crippen LogP contribution in [0.2, 0.25) is 0 Å². The zero-order chi connectivity index (χ0) is 15.7. The van der Waals surface area contributed by atoms with Crippen molar-refractivity contribution in [1.29, 1.82) is 0 Å². The number of nitrogens with one attached hydrogen (secondary N) is 2. The molecule has 6 heteroatoms. The Morgan fingerprint density at radius 3 is 2.48 bits per heavy atom. The molecule has 1 aromatic rings. The van der Waals surface area contributed by atoms with Gasteiger partial charge in [-0.25, -0.2) is 9.59 Å². The molecule has 114 valence electrons. The number of benzene rings is 1. The molecule has 0 bridgehead atoms. The topological polar surface area (TPSA) is 81.7 Å². The maximum absolute atomic E-state index is 11.6. The second kappa shape index (κ2) is 8.76. The quantitative estimate of drug-likeness (QED) is 0.529. The Hall–Kier alpha value is -2.34. The van der Waals surface area contributed by atoms with Crippen LogP contribution < -0.4 is 10.6 Å². The highest BCUT2D eigenvalue weighted by molar-refractivity contribution is 5.89. The Morgan fingerprint density at radius 1 is 1.24 bits per heavy atom. The number of carbonyl (C=O) groups excluding carboxylic acids is 1. The summed E-state index contributed by atoms with van der Waals surface area (Å²) in [6.45, 7) is 1.54. The predicted octanol–water partition coefficient (Wildman–Crippen LogP) is 1.86. The van der Waals surface area contributed by atoms with Gasteiger partial charge in [-0.3, -0.25) is 0 Å². The van der Waals surface area contributed by atoms with E-state index in [2.05, 4.69) is 15.5 Å². The summed E-state index contributed by atoms with van der Waals surface area (Å²) in [5.74, 6) is -0.991. The third-order valence-corrected chi connectivity index (χ3v) is 2.65. The smallest absolute Gasteiger partial charge is 0.328 e. The number of carboxylic acid groups (broad SMARTS) is 1. The molecule has 0 aliphatic heterocycles. The molecule has 6 nitrogen and oxygen atoms in total. The summed E-state index contributed by atoms with van der Waals surface area (Å²) in [6.07, 6.45) is 3.45. The zero-order valence-electron chi connectivity index (χ0n) is 12.3. The number of anilines is 1. The van der Waals surface area contributed by atoms with Gasteiger partial charge in [0.15, 0.2) is 0 Å². The van der Waals surface area contributed by atoms with Crippen LogP contribution in [0.1, 0.15) is 12.0 Å². The lowest BCUT2D eigenvalue weighted by Crippen LogP contribution is -2.31. The second-order valence-electron chi connectivity index (χ2n) is 4.83. The van der Waals surface area contributed by atoms with Crippen molar-refractivity contribution in [1.82, 2.24) is 10.2 Å². The second-order valence-corrected chi connectivity index (χ2v) is 4.83. The molecule has 0 aliphatic carbocycles. The average molecular weight is 291 g/mol. The van der Waals surface area contributed by atoms with Crippen LogP contribution in [0.5, 0.6) is 0 Å². The van der Waals surface area contributed by atoms with Crippen molar-refractivity contribution in [3.8, 4) is 0 Å². The zero-order valence-corrected chi connectivity index (χ0v) is 12.3. The highest BCUT2D eigenvalue weighted by Gasteiger charge is 2.01. The Balaban J connectivity index is 2.37. The standard InChI is InChI=1S/C15H21N3O3/c1-18(2)11-3-10-16-15(21)17-13-7-4-12(5-8-13)6-9-14(19)20/h4-9H,3,10-11H2,1-2H3,(H,19,20)(H2,16,17,21)/b9-6+. The van der Waals surface area contributed by atoms with Crippen LogP contribution in [-0.4, -0.2) is 49.2 Å². The monoisotopic (exact) mass is 291 g/mol. The Bertz CT molecular complexity index is 495. The van der Waals surface area contributed by atoms with E-state index in [9.17, 15) is 9.59 Å². The van der Waals surface area contributed by atoms with Crippen LogP contribution in [0, 0.1) is 0 Å². The highest BCUT2D eigenvalue weighted by Crippen LogP contribution is 2.10. The normalized spacial score (nSPS) is 10.8. The van der Waals surface area contributed by atoms with E-state index in [0.717, 1.165) is 24.6 Å². The van der Waals surface area contributed by atoms with Crippen LogP contribution in [0.3, 0.4) is 0 Å². The minimum atomic E-state index is -0.991. The van der Waals surface area contributed by atoms with Crippen molar-refractivity contribution >= 4 is 23.8 Å². The molecule has 0 atom stereocenters. The fraction of sp³-hybridized carbons (Fsp3) is 0.333. The number of amides is 2.